The maximum absolute atomic E-state index is 12.3. The van der Waals surface area contributed by atoms with E-state index in [0.29, 0.717) is 5.56 Å². The van der Waals surface area contributed by atoms with Crippen LogP contribution in [0.25, 0.3) is 0 Å². The van der Waals surface area contributed by atoms with Gasteiger partial charge in [0.25, 0.3) is 5.91 Å². The molecule has 0 saturated heterocycles. The van der Waals surface area contributed by atoms with Crippen LogP contribution in [0.3, 0.4) is 0 Å². The van der Waals surface area contributed by atoms with Gasteiger partial charge in [-0.25, -0.2) is 5.84 Å². The second kappa shape index (κ2) is 6.01. The van der Waals surface area contributed by atoms with Gasteiger partial charge in [0.05, 0.1) is 6.04 Å². The summed E-state index contributed by atoms with van der Waals surface area (Å²) in [5.41, 5.74) is 0.625. The van der Waals surface area contributed by atoms with Crippen molar-refractivity contribution in [3.63, 3.8) is 0 Å². The van der Waals surface area contributed by atoms with Crippen LogP contribution in [0.5, 0.6) is 0 Å². The summed E-state index contributed by atoms with van der Waals surface area (Å²) in [4.78, 5) is 12.3. The molecule has 1 aromatic rings. The third-order valence-electron chi connectivity index (χ3n) is 3.15. The van der Waals surface area contributed by atoms with Gasteiger partial charge in [-0.05, 0) is 24.0 Å². The van der Waals surface area contributed by atoms with Crippen molar-refractivity contribution in [2.24, 2.45) is 11.3 Å². The minimum Gasteiger partial charge on any atom is -0.273 e. The van der Waals surface area contributed by atoms with E-state index in [2.05, 4.69) is 27.7 Å². The van der Waals surface area contributed by atoms with E-state index in [9.17, 15) is 4.79 Å². The summed E-state index contributed by atoms with van der Waals surface area (Å²) in [6.07, 6.45) is 1.93. The Balaban J connectivity index is 2.90. The fourth-order valence-corrected chi connectivity index (χ4v) is 2.13. The predicted molar refractivity (Wildman–Crippen MR) is 74.9 cm³/mol. The SMILES string of the molecule is CCCC(N(N)C(=O)c1ccccc1)C(C)(C)C. The lowest BCUT2D eigenvalue weighted by Crippen LogP contribution is -2.51. The van der Waals surface area contributed by atoms with Gasteiger partial charge in [0, 0.05) is 5.56 Å². The zero-order chi connectivity index (χ0) is 13.8. The van der Waals surface area contributed by atoms with E-state index in [-0.39, 0.29) is 17.4 Å². The molecule has 0 aliphatic rings. The number of carbonyl (C=O) groups excluding carboxylic acids is 1. The summed E-state index contributed by atoms with van der Waals surface area (Å²) in [7, 11) is 0. The first-order chi connectivity index (χ1) is 8.38. The van der Waals surface area contributed by atoms with Gasteiger partial charge in [0.15, 0.2) is 0 Å². The summed E-state index contributed by atoms with van der Waals surface area (Å²) in [6.45, 7) is 8.46. The molecule has 1 aromatic carbocycles. The maximum Gasteiger partial charge on any atom is 0.268 e. The lowest BCUT2D eigenvalue weighted by Gasteiger charge is -2.37. The molecule has 0 aliphatic carbocycles. The van der Waals surface area contributed by atoms with Crippen molar-refractivity contribution in [3.05, 3.63) is 35.9 Å². The number of nitrogens with two attached hydrogens (primary N) is 1. The molecule has 0 heterocycles. The Bertz CT molecular complexity index is 381. The highest BCUT2D eigenvalue weighted by Crippen LogP contribution is 2.27. The zero-order valence-electron chi connectivity index (χ0n) is 11.8. The van der Waals surface area contributed by atoms with Gasteiger partial charge in [0.1, 0.15) is 0 Å². The summed E-state index contributed by atoms with van der Waals surface area (Å²) in [5, 5.41) is 1.40. The van der Waals surface area contributed by atoms with Crippen LogP contribution in [0.15, 0.2) is 30.3 Å². The van der Waals surface area contributed by atoms with E-state index >= 15 is 0 Å². The van der Waals surface area contributed by atoms with Gasteiger partial charge in [-0.1, -0.05) is 52.3 Å². The molecule has 3 heteroatoms. The molecular weight excluding hydrogens is 224 g/mol. The Morgan fingerprint density at radius 1 is 1.28 bits per heavy atom. The predicted octanol–water partition coefficient (Wildman–Crippen LogP) is 3.22. The molecule has 0 saturated carbocycles. The average Bonchev–Trinajstić information content (AvgIpc) is 2.34. The van der Waals surface area contributed by atoms with Gasteiger partial charge in [-0.2, -0.15) is 0 Å². The molecule has 18 heavy (non-hydrogen) atoms. The van der Waals surface area contributed by atoms with E-state index in [4.69, 9.17) is 5.84 Å². The summed E-state index contributed by atoms with van der Waals surface area (Å²) in [5.74, 6) is 5.94. The summed E-state index contributed by atoms with van der Waals surface area (Å²) >= 11 is 0. The number of hydrogen-bond acceptors (Lipinski definition) is 2. The molecule has 0 bridgehead atoms. The molecule has 100 valence electrons. The molecule has 1 unspecified atom stereocenters. The van der Waals surface area contributed by atoms with E-state index in [1.807, 2.05) is 18.2 Å². The fraction of sp³-hybridized carbons (Fsp3) is 0.533. The normalized spacial score (nSPS) is 13.2. The maximum atomic E-state index is 12.3. The molecule has 3 nitrogen and oxygen atoms in total. The lowest BCUT2D eigenvalue weighted by atomic mass is 9.83. The van der Waals surface area contributed by atoms with Gasteiger partial charge < -0.3 is 0 Å². The Hall–Kier alpha value is -1.35. The van der Waals surface area contributed by atoms with Crippen molar-refractivity contribution in [1.82, 2.24) is 5.01 Å². The second-order valence-corrected chi connectivity index (χ2v) is 5.75. The first-order valence-electron chi connectivity index (χ1n) is 6.51. The third-order valence-corrected chi connectivity index (χ3v) is 3.15. The Morgan fingerprint density at radius 3 is 2.28 bits per heavy atom. The van der Waals surface area contributed by atoms with Crippen molar-refractivity contribution in [1.29, 1.82) is 0 Å². The molecule has 0 radical (unpaired) electrons. The molecular formula is C15H24N2O. The molecule has 0 spiro atoms. The van der Waals surface area contributed by atoms with E-state index in [1.165, 1.54) is 5.01 Å². The van der Waals surface area contributed by atoms with Crippen LogP contribution in [-0.4, -0.2) is 17.0 Å². The first kappa shape index (κ1) is 14.7. The van der Waals surface area contributed by atoms with Crippen molar-refractivity contribution in [2.45, 2.75) is 46.6 Å². The van der Waals surface area contributed by atoms with Crippen LogP contribution < -0.4 is 5.84 Å². The van der Waals surface area contributed by atoms with Crippen LogP contribution in [0.1, 0.15) is 50.9 Å². The van der Waals surface area contributed by atoms with Gasteiger partial charge >= 0.3 is 0 Å². The highest BCUT2D eigenvalue weighted by atomic mass is 16.2. The molecule has 1 amide bonds. The molecule has 0 aliphatic heterocycles. The van der Waals surface area contributed by atoms with Crippen LogP contribution in [0.2, 0.25) is 0 Å². The molecule has 0 aromatic heterocycles. The largest absolute Gasteiger partial charge is 0.273 e. The van der Waals surface area contributed by atoms with E-state index in [0.717, 1.165) is 12.8 Å². The zero-order valence-corrected chi connectivity index (χ0v) is 11.8. The Kier molecular flexibility index (Phi) is 4.91. The fourth-order valence-electron chi connectivity index (χ4n) is 2.13. The van der Waals surface area contributed by atoms with Crippen molar-refractivity contribution in [3.8, 4) is 0 Å². The summed E-state index contributed by atoms with van der Waals surface area (Å²) in [6, 6.07) is 9.25. The van der Waals surface area contributed by atoms with Crippen LogP contribution in [0, 0.1) is 5.41 Å². The standard InChI is InChI=1S/C15H24N2O/c1-5-9-13(15(2,3)4)17(16)14(18)12-10-7-6-8-11-12/h6-8,10-11,13H,5,9,16H2,1-4H3. The molecule has 2 N–H and O–H groups in total. The Morgan fingerprint density at radius 2 is 1.83 bits per heavy atom. The number of benzene rings is 1. The number of rotatable bonds is 4. The van der Waals surface area contributed by atoms with E-state index < -0.39 is 0 Å². The number of nitrogens with zero attached hydrogens (tertiary/aromatic N) is 1. The van der Waals surface area contributed by atoms with Crippen molar-refractivity contribution >= 4 is 5.91 Å². The van der Waals surface area contributed by atoms with Gasteiger partial charge in [0.2, 0.25) is 0 Å². The van der Waals surface area contributed by atoms with Crippen LogP contribution in [-0.2, 0) is 0 Å². The van der Waals surface area contributed by atoms with Crippen molar-refractivity contribution in [2.75, 3.05) is 0 Å². The summed E-state index contributed by atoms with van der Waals surface area (Å²) < 4.78 is 0. The number of hydrogen-bond donors (Lipinski definition) is 1. The van der Waals surface area contributed by atoms with Crippen molar-refractivity contribution < 1.29 is 4.79 Å². The highest BCUT2D eigenvalue weighted by molar-refractivity contribution is 5.94. The van der Waals surface area contributed by atoms with Gasteiger partial charge in [-0.15, -0.1) is 0 Å². The highest BCUT2D eigenvalue weighted by Gasteiger charge is 2.31. The minimum absolute atomic E-state index is 0.0187. The number of hydrazine groups is 1. The minimum atomic E-state index is -0.107. The quantitative estimate of drug-likeness (QED) is 0.505. The lowest BCUT2D eigenvalue weighted by molar-refractivity contribution is 0.0492. The topological polar surface area (TPSA) is 46.3 Å². The van der Waals surface area contributed by atoms with E-state index in [1.54, 1.807) is 12.1 Å². The second-order valence-electron chi connectivity index (χ2n) is 5.75. The van der Waals surface area contributed by atoms with Crippen LogP contribution >= 0.6 is 0 Å². The smallest absolute Gasteiger partial charge is 0.268 e. The van der Waals surface area contributed by atoms with Crippen LogP contribution in [0.4, 0.5) is 0 Å². The van der Waals surface area contributed by atoms with Gasteiger partial charge in [-0.3, -0.25) is 9.80 Å². The first-order valence-corrected chi connectivity index (χ1v) is 6.51. The molecule has 1 rings (SSSR count). The monoisotopic (exact) mass is 248 g/mol. The number of amides is 1. The average molecular weight is 248 g/mol. The Labute approximate surface area is 110 Å². The molecule has 0 fully saturated rings. The third kappa shape index (κ3) is 3.57. The molecule has 1 atom stereocenters. The number of carbonyl (C=O) groups is 1.